The van der Waals surface area contributed by atoms with Gasteiger partial charge in [-0.25, -0.2) is 0 Å². The highest BCUT2D eigenvalue weighted by Gasteiger charge is 2.27. The summed E-state index contributed by atoms with van der Waals surface area (Å²) in [6.45, 7) is 3.67. The molecule has 1 heterocycles. The summed E-state index contributed by atoms with van der Waals surface area (Å²) in [6, 6.07) is 10.3. The smallest absolute Gasteiger partial charge is 0.306 e. The third-order valence-electron chi connectivity index (χ3n) is 3.66. The average Bonchev–Trinajstić information content (AvgIpc) is 2.96. The zero-order valence-corrected chi connectivity index (χ0v) is 11.9. The van der Waals surface area contributed by atoms with Crippen molar-refractivity contribution in [3.05, 3.63) is 35.9 Å². The van der Waals surface area contributed by atoms with Gasteiger partial charge in [-0.2, -0.15) is 0 Å². The molecule has 0 aliphatic carbocycles. The van der Waals surface area contributed by atoms with Crippen molar-refractivity contribution in [3.63, 3.8) is 0 Å². The van der Waals surface area contributed by atoms with E-state index in [0.717, 1.165) is 19.5 Å². The van der Waals surface area contributed by atoms with E-state index in [0.29, 0.717) is 12.5 Å². The third kappa shape index (κ3) is 3.83. The van der Waals surface area contributed by atoms with Crippen molar-refractivity contribution >= 4 is 11.9 Å². The van der Waals surface area contributed by atoms with Crippen LogP contribution in [0.1, 0.15) is 37.7 Å². The minimum Gasteiger partial charge on any atom is -0.466 e. The summed E-state index contributed by atoms with van der Waals surface area (Å²) in [5, 5.41) is 0. The summed E-state index contributed by atoms with van der Waals surface area (Å²) in [5.41, 5.74) is 1.29. The SMILES string of the molecule is CCOC(=O)CCC(=O)N1CC[C@H](c2ccccc2)C1. The Morgan fingerprint density at radius 3 is 2.70 bits per heavy atom. The lowest BCUT2D eigenvalue weighted by molar-refractivity contribution is -0.145. The molecule has 1 atom stereocenters. The first kappa shape index (κ1) is 14.6. The van der Waals surface area contributed by atoms with E-state index in [4.69, 9.17) is 4.74 Å². The van der Waals surface area contributed by atoms with E-state index in [1.165, 1.54) is 5.56 Å². The molecule has 20 heavy (non-hydrogen) atoms. The average molecular weight is 275 g/mol. The van der Waals surface area contributed by atoms with Crippen LogP contribution in [-0.4, -0.2) is 36.5 Å². The molecule has 4 heteroatoms. The number of rotatable bonds is 5. The molecular formula is C16H21NO3. The van der Waals surface area contributed by atoms with Gasteiger partial charge in [0, 0.05) is 25.4 Å². The highest BCUT2D eigenvalue weighted by molar-refractivity contribution is 5.81. The lowest BCUT2D eigenvalue weighted by Gasteiger charge is -2.16. The molecule has 1 amide bonds. The fourth-order valence-electron chi connectivity index (χ4n) is 2.58. The number of esters is 1. The van der Waals surface area contributed by atoms with E-state index in [-0.39, 0.29) is 24.7 Å². The topological polar surface area (TPSA) is 46.6 Å². The van der Waals surface area contributed by atoms with Crippen LogP contribution >= 0.6 is 0 Å². The van der Waals surface area contributed by atoms with E-state index in [2.05, 4.69) is 12.1 Å². The van der Waals surface area contributed by atoms with Crippen molar-refractivity contribution in [1.29, 1.82) is 0 Å². The molecule has 1 aliphatic heterocycles. The van der Waals surface area contributed by atoms with Crippen LogP contribution in [0.4, 0.5) is 0 Å². The molecule has 0 aromatic heterocycles. The van der Waals surface area contributed by atoms with Crippen LogP contribution in [0.2, 0.25) is 0 Å². The Morgan fingerprint density at radius 2 is 2.00 bits per heavy atom. The first-order valence-corrected chi connectivity index (χ1v) is 7.19. The summed E-state index contributed by atoms with van der Waals surface area (Å²) in [6.07, 6.45) is 1.43. The minimum absolute atomic E-state index is 0.0523. The van der Waals surface area contributed by atoms with Crippen LogP contribution in [-0.2, 0) is 14.3 Å². The second-order valence-corrected chi connectivity index (χ2v) is 5.04. The van der Waals surface area contributed by atoms with E-state index in [9.17, 15) is 9.59 Å². The summed E-state index contributed by atoms with van der Waals surface area (Å²) in [5.74, 6) is 0.180. The van der Waals surface area contributed by atoms with Gasteiger partial charge in [0.2, 0.25) is 5.91 Å². The van der Waals surface area contributed by atoms with Gasteiger partial charge >= 0.3 is 5.97 Å². The molecule has 1 aromatic rings. The standard InChI is InChI=1S/C16H21NO3/c1-2-20-16(19)9-8-15(18)17-11-10-14(12-17)13-6-4-3-5-7-13/h3-7,14H,2,8-12H2,1H3/t14-/m0/s1. The Labute approximate surface area is 119 Å². The largest absolute Gasteiger partial charge is 0.466 e. The van der Waals surface area contributed by atoms with Gasteiger partial charge in [0.15, 0.2) is 0 Å². The van der Waals surface area contributed by atoms with Crippen molar-refractivity contribution in [1.82, 2.24) is 4.90 Å². The van der Waals surface area contributed by atoms with Gasteiger partial charge in [0.25, 0.3) is 0 Å². The molecule has 0 saturated carbocycles. The van der Waals surface area contributed by atoms with Gasteiger partial charge in [-0.05, 0) is 18.9 Å². The van der Waals surface area contributed by atoms with Crippen molar-refractivity contribution in [2.45, 2.75) is 32.1 Å². The number of carbonyl (C=O) groups is 2. The summed E-state index contributed by atoms with van der Waals surface area (Å²) < 4.78 is 4.84. The van der Waals surface area contributed by atoms with Gasteiger partial charge in [-0.3, -0.25) is 9.59 Å². The van der Waals surface area contributed by atoms with Crippen molar-refractivity contribution < 1.29 is 14.3 Å². The van der Waals surface area contributed by atoms with Crippen LogP contribution in [0.15, 0.2) is 30.3 Å². The molecule has 0 spiro atoms. The first-order valence-electron chi connectivity index (χ1n) is 7.19. The van der Waals surface area contributed by atoms with Gasteiger partial charge in [-0.15, -0.1) is 0 Å². The third-order valence-corrected chi connectivity index (χ3v) is 3.66. The van der Waals surface area contributed by atoms with Crippen molar-refractivity contribution in [3.8, 4) is 0 Å². The maximum atomic E-state index is 12.0. The monoisotopic (exact) mass is 275 g/mol. The molecule has 0 bridgehead atoms. The van der Waals surface area contributed by atoms with E-state index in [1.807, 2.05) is 23.1 Å². The Balaban J connectivity index is 1.80. The maximum Gasteiger partial charge on any atom is 0.306 e. The van der Waals surface area contributed by atoms with Crippen molar-refractivity contribution in [2.24, 2.45) is 0 Å². The lowest BCUT2D eigenvalue weighted by Crippen LogP contribution is -2.28. The van der Waals surface area contributed by atoms with Gasteiger partial charge in [-0.1, -0.05) is 30.3 Å². The lowest BCUT2D eigenvalue weighted by atomic mass is 9.99. The van der Waals surface area contributed by atoms with Gasteiger partial charge in [0.1, 0.15) is 0 Å². The highest BCUT2D eigenvalue weighted by atomic mass is 16.5. The molecule has 1 fully saturated rings. The summed E-state index contributed by atoms with van der Waals surface area (Å²) >= 11 is 0. The second kappa shape index (κ2) is 7.08. The molecule has 1 aliphatic rings. The zero-order valence-electron chi connectivity index (χ0n) is 11.9. The number of amides is 1. The highest BCUT2D eigenvalue weighted by Crippen LogP contribution is 2.27. The normalized spacial score (nSPS) is 18.1. The molecule has 4 nitrogen and oxygen atoms in total. The Kier molecular flexibility index (Phi) is 5.16. The number of hydrogen-bond acceptors (Lipinski definition) is 3. The quantitative estimate of drug-likeness (QED) is 0.775. The Hall–Kier alpha value is -1.84. The molecule has 0 radical (unpaired) electrons. The predicted octanol–water partition coefficient (Wildman–Crippen LogP) is 2.35. The van der Waals surface area contributed by atoms with Crippen molar-refractivity contribution in [2.75, 3.05) is 19.7 Å². The summed E-state index contributed by atoms with van der Waals surface area (Å²) in [7, 11) is 0. The maximum absolute atomic E-state index is 12.0. The molecule has 0 unspecified atom stereocenters. The second-order valence-electron chi connectivity index (χ2n) is 5.04. The fraction of sp³-hybridized carbons (Fsp3) is 0.500. The van der Waals surface area contributed by atoms with Crippen LogP contribution in [0, 0.1) is 0 Å². The number of likely N-dealkylation sites (tertiary alicyclic amines) is 1. The van der Waals surface area contributed by atoms with Crippen LogP contribution in [0.25, 0.3) is 0 Å². The molecule has 1 aromatic carbocycles. The number of carbonyl (C=O) groups excluding carboxylic acids is 2. The molecule has 0 N–H and O–H groups in total. The van der Waals surface area contributed by atoms with Crippen LogP contribution < -0.4 is 0 Å². The fourth-order valence-corrected chi connectivity index (χ4v) is 2.58. The minimum atomic E-state index is -0.292. The first-order chi connectivity index (χ1) is 9.70. The van der Waals surface area contributed by atoms with E-state index in [1.54, 1.807) is 6.92 Å². The van der Waals surface area contributed by atoms with Crippen LogP contribution in [0.3, 0.4) is 0 Å². The van der Waals surface area contributed by atoms with Gasteiger partial charge < -0.3 is 9.64 Å². The molecular weight excluding hydrogens is 254 g/mol. The Bertz CT molecular complexity index is 458. The number of benzene rings is 1. The Morgan fingerprint density at radius 1 is 1.25 bits per heavy atom. The number of nitrogens with zero attached hydrogens (tertiary/aromatic N) is 1. The van der Waals surface area contributed by atoms with Gasteiger partial charge in [0.05, 0.1) is 13.0 Å². The molecule has 108 valence electrons. The number of hydrogen-bond donors (Lipinski definition) is 0. The van der Waals surface area contributed by atoms with Crippen LogP contribution in [0.5, 0.6) is 0 Å². The van der Waals surface area contributed by atoms with E-state index >= 15 is 0 Å². The zero-order chi connectivity index (χ0) is 14.4. The van der Waals surface area contributed by atoms with E-state index < -0.39 is 0 Å². The predicted molar refractivity (Wildman–Crippen MR) is 76.2 cm³/mol. The summed E-state index contributed by atoms with van der Waals surface area (Å²) in [4.78, 5) is 25.2. The number of ether oxygens (including phenoxy) is 1. The molecule has 1 saturated heterocycles. The molecule has 2 rings (SSSR count).